The summed E-state index contributed by atoms with van der Waals surface area (Å²) >= 11 is 7.37. The maximum absolute atomic E-state index is 13.2. The van der Waals surface area contributed by atoms with E-state index < -0.39 is 0 Å². The van der Waals surface area contributed by atoms with Gasteiger partial charge in [-0.1, -0.05) is 0 Å². The van der Waals surface area contributed by atoms with Gasteiger partial charge in [0.25, 0.3) is 0 Å². The van der Waals surface area contributed by atoms with Crippen LogP contribution in [0.5, 0.6) is 5.75 Å². The van der Waals surface area contributed by atoms with E-state index in [0.29, 0.717) is 17.3 Å². The molecule has 1 N–H and O–H groups in total. The molecule has 3 rings (SSSR count). The summed E-state index contributed by atoms with van der Waals surface area (Å²) < 4.78 is 18.3. The molecular weight excluding hydrogens is 301 g/mol. The van der Waals surface area contributed by atoms with Crippen LogP contribution in [0.2, 0.25) is 5.28 Å². The molecule has 0 fully saturated rings. The van der Waals surface area contributed by atoms with E-state index in [2.05, 4.69) is 15.3 Å². The summed E-state index contributed by atoms with van der Waals surface area (Å²) in [5, 5.41) is 6.01. The minimum absolute atomic E-state index is 0.156. The van der Waals surface area contributed by atoms with Crippen molar-refractivity contribution >= 4 is 44.7 Å². The van der Waals surface area contributed by atoms with Gasteiger partial charge in [0.15, 0.2) is 0 Å². The molecule has 0 spiro atoms. The van der Waals surface area contributed by atoms with Crippen LogP contribution in [-0.2, 0) is 0 Å². The molecule has 2 aromatic heterocycles. The Kier molecular flexibility index (Phi) is 3.42. The zero-order chi connectivity index (χ0) is 14.1. The van der Waals surface area contributed by atoms with Crippen molar-refractivity contribution in [1.29, 1.82) is 0 Å². The Labute approximate surface area is 123 Å². The fraction of sp³-hybridized carbons (Fsp3) is 0.0769. The van der Waals surface area contributed by atoms with Crippen molar-refractivity contribution in [3.05, 3.63) is 40.7 Å². The number of fused-ring (bicyclic) bond motifs is 1. The lowest BCUT2D eigenvalue weighted by atomic mass is 10.2. The number of methoxy groups -OCH3 is 1. The maximum Gasteiger partial charge on any atom is 0.225 e. The number of nitrogens with one attached hydrogen (secondary N) is 1. The van der Waals surface area contributed by atoms with Gasteiger partial charge in [-0.2, -0.15) is 4.98 Å². The zero-order valence-electron chi connectivity index (χ0n) is 10.4. The van der Waals surface area contributed by atoms with Crippen LogP contribution < -0.4 is 10.1 Å². The fourth-order valence-corrected chi connectivity index (χ4v) is 2.80. The quantitative estimate of drug-likeness (QED) is 0.735. The van der Waals surface area contributed by atoms with Gasteiger partial charge in [0.2, 0.25) is 5.28 Å². The standard InChI is InChI=1S/C13H9ClFN3OS/c1-19-10-6-7(15)2-3-9(10)16-11-8-4-5-20-12(8)18-13(14)17-11/h2-6H,1H3,(H,16,17,18). The Morgan fingerprint density at radius 1 is 1.30 bits per heavy atom. The van der Waals surface area contributed by atoms with Crippen LogP contribution in [-0.4, -0.2) is 17.1 Å². The Morgan fingerprint density at radius 3 is 2.95 bits per heavy atom. The highest BCUT2D eigenvalue weighted by Crippen LogP contribution is 2.32. The Bertz CT molecular complexity index is 777. The number of nitrogens with zero attached hydrogens (tertiary/aromatic N) is 2. The van der Waals surface area contributed by atoms with Crippen molar-refractivity contribution < 1.29 is 9.13 Å². The number of aromatic nitrogens is 2. The fourth-order valence-electron chi connectivity index (χ4n) is 1.82. The van der Waals surface area contributed by atoms with Crippen LogP contribution in [0.15, 0.2) is 29.6 Å². The summed E-state index contributed by atoms with van der Waals surface area (Å²) in [7, 11) is 1.48. The van der Waals surface area contributed by atoms with Crippen LogP contribution in [0.4, 0.5) is 15.9 Å². The number of hydrogen-bond donors (Lipinski definition) is 1. The van der Waals surface area contributed by atoms with Gasteiger partial charge in [-0.15, -0.1) is 11.3 Å². The highest BCUT2D eigenvalue weighted by Gasteiger charge is 2.11. The van der Waals surface area contributed by atoms with Gasteiger partial charge in [0.1, 0.15) is 22.2 Å². The van der Waals surface area contributed by atoms with Crippen molar-refractivity contribution in [2.75, 3.05) is 12.4 Å². The molecule has 102 valence electrons. The number of rotatable bonds is 3. The molecule has 0 radical (unpaired) electrons. The summed E-state index contributed by atoms with van der Waals surface area (Å²) in [4.78, 5) is 9.09. The summed E-state index contributed by atoms with van der Waals surface area (Å²) in [5.74, 6) is 0.586. The Balaban J connectivity index is 2.07. The zero-order valence-corrected chi connectivity index (χ0v) is 11.9. The molecule has 0 unspecified atom stereocenters. The summed E-state index contributed by atoms with van der Waals surface area (Å²) in [6, 6.07) is 6.13. The summed E-state index contributed by atoms with van der Waals surface area (Å²) in [5.41, 5.74) is 0.608. The maximum atomic E-state index is 13.2. The second-order valence-corrected chi connectivity index (χ2v) is 5.18. The van der Waals surface area contributed by atoms with Crippen LogP contribution in [0, 0.1) is 5.82 Å². The topological polar surface area (TPSA) is 47.0 Å². The molecule has 3 aromatic rings. The average Bonchev–Trinajstić information content (AvgIpc) is 2.88. The van der Waals surface area contributed by atoms with E-state index in [4.69, 9.17) is 16.3 Å². The largest absolute Gasteiger partial charge is 0.494 e. The van der Waals surface area contributed by atoms with E-state index >= 15 is 0 Å². The van der Waals surface area contributed by atoms with Gasteiger partial charge in [0.05, 0.1) is 18.2 Å². The molecule has 7 heteroatoms. The molecule has 1 aromatic carbocycles. The van der Waals surface area contributed by atoms with E-state index in [-0.39, 0.29) is 11.1 Å². The lowest BCUT2D eigenvalue weighted by molar-refractivity contribution is 0.413. The van der Waals surface area contributed by atoms with E-state index in [1.807, 2.05) is 11.4 Å². The first-order valence-electron chi connectivity index (χ1n) is 5.68. The van der Waals surface area contributed by atoms with Crippen LogP contribution >= 0.6 is 22.9 Å². The molecule has 20 heavy (non-hydrogen) atoms. The molecule has 0 saturated carbocycles. The van der Waals surface area contributed by atoms with Crippen molar-refractivity contribution in [2.24, 2.45) is 0 Å². The molecule has 0 atom stereocenters. The molecular formula is C13H9ClFN3OS. The predicted molar refractivity (Wildman–Crippen MR) is 78.7 cm³/mol. The smallest absolute Gasteiger partial charge is 0.225 e. The van der Waals surface area contributed by atoms with Crippen LogP contribution in [0.25, 0.3) is 10.2 Å². The second kappa shape index (κ2) is 5.22. The van der Waals surface area contributed by atoms with Crippen molar-refractivity contribution in [1.82, 2.24) is 9.97 Å². The average molecular weight is 310 g/mol. The first kappa shape index (κ1) is 13.1. The molecule has 0 bridgehead atoms. The van der Waals surface area contributed by atoms with Gasteiger partial charge >= 0.3 is 0 Å². The van der Waals surface area contributed by atoms with Crippen molar-refractivity contribution in [3.63, 3.8) is 0 Å². The first-order valence-corrected chi connectivity index (χ1v) is 6.94. The van der Waals surface area contributed by atoms with E-state index in [1.165, 1.54) is 30.6 Å². The molecule has 4 nitrogen and oxygen atoms in total. The molecule has 0 aliphatic heterocycles. The van der Waals surface area contributed by atoms with E-state index in [9.17, 15) is 4.39 Å². The molecule has 0 aliphatic rings. The molecule has 0 saturated heterocycles. The van der Waals surface area contributed by atoms with Crippen LogP contribution in [0.3, 0.4) is 0 Å². The SMILES string of the molecule is COc1cc(F)ccc1Nc1nc(Cl)nc2sccc12. The first-order chi connectivity index (χ1) is 9.67. The third-order valence-corrected chi connectivity index (χ3v) is 3.69. The normalized spacial score (nSPS) is 10.8. The number of hydrogen-bond acceptors (Lipinski definition) is 5. The monoisotopic (exact) mass is 309 g/mol. The second-order valence-electron chi connectivity index (χ2n) is 3.95. The molecule has 0 aliphatic carbocycles. The number of benzene rings is 1. The highest BCUT2D eigenvalue weighted by molar-refractivity contribution is 7.16. The lowest BCUT2D eigenvalue weighted by Gasteiger charge is -2.11. The van der Waals surface area contributed by atoms with Gasteiger partial charge < -0.3 is 10.1 Å². The van der Waals surface area contributed by atoms with Gasteiger partial charge in [0, 0.05) is 6.07 Å². The van der Waals surface area contributed by atoms with Gasteiger partial charge in [-0.25, -0.2) is 9.37 Å². The number of halogens is 2. The minimum Gasteiger partial charge on any atom is -0.494 e. The number of ether oxygens (including phenoxy) is 1. The van der Waals surface area contributed by atoms with E-state index in [0.717, 1.165) is 10.2 Å². The molecule has 2 heterocycles. The third-order valence-electron chi connectivity index (χ3n) is 2.71. The highest BCUT2D eigenvalue weighted by atomic mass is 35.5. The van der Waals surface area contributed by atoms with Gasteiger partial charge in [-0.05, 0) is 35.2 Å². The van der Waals surface area contributed by atoms with Crippen molar-refractivity contribution in [3.8, 4) is 5.75 Å². The van der Waals surface area contributed by atoms with Gasteiger partial charge in [-0.3, -0.25) is 0 Å². The number of anilines is 2. The predicted octanol–water partition coefficient (Wildman–Crippen LogP) is 4.24. The van der Waals surface area contributed by atoms with E-state index in [1.54, 1.807) is 6.07 Å². The minimum atomic E-state index is -0.367. The molecule has 0 amide bonds. The third kappa shape index (κ3) is 2.39. The van der Waals surface area contributed by atoms with Crippen molar-refractivity contribution in [2.45, 2.75) is 0 Å². The lowest BCUT2D eigenvalue weighted by Crippen LogP contribution is -1.98. The van der Waals surface area contributed by atoms with Crippen LogP contribution in [0.1, 0.15) is 0 Å². The summed E-state index contributed by atoms with van der Waals surface area (Å²) in [6.45, 7) is 0. The summed E-state index contributed by atoms with van der Waals surface area (Å²) in [6.07, 6.45) is 0. The Morgan fingerprint density at radius 2 is 2.15 bits per heavy atom. The number of thiophene rings is 1. The Hall–Kier alpha value is -1.92.